The lowest BCUT2D eigenvalue weighted by atomic mass is 10.3. The van der Waals surface area contributed by atoms with Gasteiger partial charge in [-0.2, -0.15) is 0 Å². The first-order valence-corrected chi connectivity index (χ1v) is 7.84. The minimum Gasteiger partial charge on any atom is -0.686 e. The normalized spacial score (nSPS) is 23.0. The summed E-state index contributed by atoms with van der Waals surface area (Å²) in [6.45, 7) is 0.185. The number of hydrogen-bond acceptors (Lipinski definition) is 9. The second-order valence-corrected chi connectivity index (χ2v) is 6.12. The number of hydrogen-bond donors (Lipinski definition) is 1. The van der Waals surface area contributed by atoms with Gasteiger partial charge in [-0.25, -0.2) is 15.0 Å². The summed E-state index contributed by atoms with van der Waals surface area (Å²) in [4.78, 5) is 43.8. The van der Waals surface area contributed by atoms with Crippen LogP contribution in [0.15, 0.2) is 12.7 Å². The standard InChI is InChI=1S/C10H14N5O5P/c11-9-8-10(13-3-12-9)15(4-14-8)7-1-6(2-19-7)20-5-21(16,17)18/h3-4,6-7H,1-2,5H2,(H2,11,12,13)(H2,16,17,18)/p-2/t6-,7-/m1/s1. The number of imidazole rings is 1. The Hall–Kier alpha value is -1.42. The van der Waals surface area contributed by atoms with Crippen molar-refractivity contribution in [2.75, 3.05) is 18.7 Å². The number of nitrogens with two attached hydrogens (primary N) is 1. The largest absolute Gasteiger partial charge is 0.686 e. The number of ether oxygens (including phenoxy) is 2. The summed E-state index contributed by atoms with van der Waals surface area (Å²) in [7, 11) is -4.68. The summed E-state index contributed by atoms with van der Waals surface area (Å²) in [5.41, 5.74) is 6.68. The molecule has 0 bridgehead atoms. The molecule has 2 atom stereocenters. The topological polar surface area (TPSA) is 157 Å². The molecule has 114 valence electrons. The molecule has 10 nitrogen and oxygen atoms in total. The van der Waals surface area contributed by atoms with Crippen LogP contribution in [0.5, 0.6) is 0 Å². The zero-order valence-corrected chi connectivity index (χ0v) is 11.7. The van der Waals surface area contributed by atoms with Crippen LogP contribution < -0.4 is 20.4 Å². The van der Waals surface area contributed by atoms with Gasteiger partial charge in [0.1, 0.15) is 24.4 Å². The molecule has 1 fully saturated rings. The van der Waals surface area contributed by atoms with Gasteiger partial charge in [0.25, 0.3) is 0 Å². The van der Waals surface area contributed by atoms with Crippen molar-refractivity contribution in [3.05, 3.63) is 12.7 Å². The highest BCUT2D eigenvalue weighted by atomic mass is 31.2. The predicted molar refractivity (Wildman–Crippen MR) is 66.0 cm³/mol. The first-order chi connectivity index (χ1) is 9.94. The van der Waals surface area contributed by atoms with Gasteiger partial charge in [-0.05, 0) is 0 Å². The average molecular weight is 313 g/mol. The van der Waals surface area contributed by atoms with Crippen LogP contribution in [0.3, 0.4) is 0 Å². The first kappa shape index (κ1) is 14.5. The Labute approximate surface area is 119 Å². The van der Waals surface area contributed by atoms with Gasteiger partial charge in [0, 0.05) is 6.42 Å². The van der Waals surface area contributed by atoms with Gasteiger partial charge in [-0.1, -0.05) is 0 Å². The van der Waals surface area contributed by atoms with Crippen LogP contribution in [0.2, 0.25) is 0 Å². The highest BCUT2D eigenvalue weighted by Crippen LogP contribution is 2.32. The Morgan fingerprint density at radius 1 is 1.38 bits per heavy atom. The molecular formula is C10H12N5O5P-2. The second kappa shape index (κ2) is 5.41. The van der Waals surface area contributed by atoms with Crippen molar-refractivity contribution < 1.29 is 24.2 Å². The van der Waals surface area contributed by atoms with E-state index in [1.54, 1.807) is 4.57 Å². The van der Waals surface area contributed by atoms with Gasteiger partial charge >= 0.3 is 0 Å². The van der Waals surface area contributed by atoms with Gasteiger partial charge in [0.15, 0.2) is 11.5 Å². The third-order valence-electron chi connectivity index (χ3n) is 3.10. The second-order valence-electron chi connectivity index (χ2n) is 4.64. The molecule has 2 N–H and O–H groups in total. The summed E-state index contributed by atoms with van der Waals surface area (Å²) >= 11 is 0. The number of aromatic nitrogens is 4. The summed E-state index contributed by atoms with van der Waals surface area (Å²) < 4.78 is 12.2. The number of nitrogens with zero attached hydrogens (tertiary/aromatic N) is 4. The Morgan fingerprint density at radius 2 is 2.19 bits per heavy atom. The van der Waals surface area contributed by atoms with Crippen molar-refractivity contribution in [3.8, 4) is 0 Å². The van der Waals surface area contributed by atoms with E-state index in [4.69, 9.17) is 15.2 Å². The van der Waals surface area contributed by atoms with Crippen LogP contribution in [-0.2, 0) is 9.47 Å². The van der Waals surface area contributed by atoms with Gasteiger partial charge in [0.05, 0.1) is 19.0 Å². The zero-order valence-electron chi connectivity index (χ0n) is 10.8. The summed E-state index contributed by atoms with van der Waals surface area (Å²) in [5, 5.41) is 0. The van der Waals surface area contributed by atoms with Crippen LogP contribution in [-0.4, -0.2) is 38.6 Å². The molecule has 0 unspecified atom stereocenters. The Balaban J connectivity index is 1.72. The lowest BCUT2D eigenvalue weighted by Gasteiger charge is -2.41. The molecule has 0 aliphatic carbocycles. The predicted octanol–water partition coefficient (Wildman–Crippen LogP) is -2.49. The lowest BCUT2D eigenvalue weighted by Crippen LogP contribution is -2.37. The fourth-order valence-electron chi connectivity index (χ4n) is 2.17. The first-order valence-electron chi connectivity index (χ1n) is 6.11. The van der Waals surface area contributed by atoms with Crippen molar-refractivity contribution in [1.82, 2.24) is 19.5 Å². The molecule has 0 radical (unpaired) electrons. The van der Waals surface area contributed by atoms with Crippen LogP contribution in [0.25, 0.3) is 11.2 Å². The van der Waals surface area contributed by atoms with Gasteiger partial charge in [-0.3, -0.25) is 4.57 Å². The summed E-state index contributed by atoms with van der Waals surface area (Å²) in [6, 6.07) is 0. The number of nitrogen functional groups attached to an aromatic ring is 1. The molecule has 3 rings (SSSR count). The molecule has 21 heavy (non-hydrogen) atoms. The molecule has 0 aromatic carbocycles. The smallest absolute Gasteiger partial charge is 0.167 e. The van der Waals surface area contributed by atoms with Crippen molar-refractivity contribution >= 4 is 24.9 Å². The maximum absolute atomic E-state index is 10.6. The molecule has 11 heteroatoms. The minimum absolute atomic E-state index is 0.185. The monoisotopic (exact) mass is 313 g/mol. The van der Waals surface area contributed by atoms with E-state index < -0.39 is 26.6 Å². The van der Waals surface area contributed by atoms with E-state index in [-0.39, 0.29) is 12.4 Å². The molecule has 0 amide bonds. The molecule has 3 heterocycles. The van der Waals surface area contributed by atoms with E-state index in [0.29, 0.717) is 17.6 Å². The highest BCUT2D eigenvalue weighted by molar-refractivity contribution is 7.53. The summed E-state index contributed by atoms with van der Waals surface area (Å²) in [6.07, 6.45) is 1.51. The van der Waals surface area contributed by atoms with Crippen molar-refractivity contribution in [1.29, 1.82) is 0 Å². The fourth-order valence-corrected chi connectivity index (χ4v) is 2.56. The SMILES string of the molecule is Nc1ncnc2c1ncn2[C@H]1C[C@@H](OC[P+]([O-])([O-])[O-])CO1. The fraction of sp³-hybridized carbons (Fsp3) is 0.500. The van der Waals surface area contributed by atoms with Gasteiger partial charge < -0.3 is 29.9 Å². The Kier molecular flexibility index (Phi) is 3.74. The minimum atomic E-state index is -4.68. The Morgan fingerprint density at radius 3 is 2.95 bits per heavy atom. The van der Waals surface area contributed by atoms with Crippen molar-refractivity contribution in [2.24, 2.45) is 0 Å². The molecule has 1 aliphatic rings. The number of anilines is 1. The third-order valence-corrected chi connectivity index (χ3v) is 3.57. The van der Waals surface area contributed by atoms with E-state index >= 15 is 0 Å². The number of fused-ring (bicyclic) bond motifs is 1. The maximum Gasteiger partial charge on any atom is 0.167 e. The van der Waals surface area contributed by atoms with E-state index in [9.17, 15) is 14.7 Å². The van der Waals surface area contributed by atoms with Crippen molar-refractivity contribution in [2.45, 2.75) is 18.8 Å². The molecule has 0 saturated carbocycles. The Bertz CT molecular complexity index is 644. The molecule has 2 aromatic heterocycles. The zero-order chi connectivity index (χ0) is 15.0. The molecule has 2 aromatic rings. The lowest BCUT2D eigenvalue weighted by molar-refractivity contribution is -0.432. The summed E-state index contributed by atoms with van der Waals surface area (Å²) in [5.74, 6) is 0.267. The maximum atomic E-state index is 10.6. The van der Waals surface area contributed by atoms with Crippen LogP contribution in [0.4, 0.5) is 5.82 Å². The van der Waals surface area contributed by atoms with Crippen LogP contribution in [0, 0.1) is 0 Å². The molecule has 0 spiro atoms. The quantitative estimate of drug-likeness (QED) is 0.603. The van der Waals surface area contributed by atoms with Gasteiger partial charge in [-0.15, -0.1) is 7.94 Å². The van der Waals surface area contributed by atoms with E-state index in [2.05, 4.69) is 15.0 Å². The van der Waals surface area contributed by atoms with E-state index in [1.807, 2.05) is 0 Å². The third kappa shape index (κ3) is 3.10. The van der Waals surface area contributed by atoms with Crippen molar-refractivity contribution in [3.63, 3.8) is 0 Å². The highest BCUT2D eigenvalue weighted by Gasteiger charge is 2.29. The number of rotatable bonds is 4. The van der Waals surface area contributed by atoms with Crippen LogP contribution >= 0.6 is 7.94 Å². The van der Waals surface area contributed by atoms with Crippen LogP contribution in [0.1, 0.15) is 12.6 Å². The average Bonchev–Trinajstić information content (AvgIpc) is 3.02. The molecular weight excluding hydrogens is 301 g/mol. The molecule has 1 aliphatic heterocycles. The molecule has 1 saturated heterocycles. The van der Waals surface area contributed by atoms with Gasteiger partial charge in [0.2, 0.25) is 0 Å². The van der Waals surface area contributed by atoms with E-state index in [1.165, 1.54) is 12.7 Å². The van der Waals surface area contributed by atoms with E-state index in [0.717, 1.165) is 0 Å².